The SMILES string of the molecule is NC(=O)c1ccc(Br)cc1NCC1CNCCO1. The Bertz CT molecular complexity index is 433. The molecule has 1 aliphatic rings. The lowest BCUT2D eigenvalue weighted by atomic mass is 10.1. The molecule has 1 unspecified atom stereocenters. The molecule has 1 aromatic rings. The number of carbonyl (C=O) groups excluding carboxylic acids is 1. The average Bonchev–Trinajstić information content (AvgIpc) is 2.37. The van der Waals surface area contributed by atoms with Crippen LogP contribution in [0.5, 0.6) is 0 Å². The lowest BCUT2D eigenvalue weighted by Gasteiger charge is -2.24. The van der Waals surface area contributed by atoms with E-state index in [1.807, 2.05) is 6.07 Å². The van der Waals surface area contributed by atoms with Gasteiger partial charge in [0.2, 0.25) is 0 Å². The van der Waals surface area contributed by atoms with Gasteiger partial charge in [-0.1, -0.05) is 15.9 Å². The maximum absolute atomic E-state index is 11.3. The van der Waals surface area contributed by atoms with Crippen LogP contribution in [-0.4, -0.2) is 38.3 Å². The molecule has 4 N–H and O–H groups in total. The molecular weight excluding hydrogens is 298 g/mol. The number of nitrogens with one attached hydrogen (secondary N) is 2. The third-order valence-corrected chi connectivity index (χ3v) is 3.26. The average molecular weight is 314 g/mol. The Kier molecular flexibility index (Phi) is 4.57. The summed E-state index contributed by atoms with van der Waals surface area (Å²) >= 11 is 3.38. The van der Waals surface area contributed by atoms with E-state index in [1.165, 1.54) is 0 Å². The number of primary amides is 1. The van der Waals surface area contributed by atoms with Crippen LogP contribution in [0.2, 0.25) is 0 Å². The van der Waals surface area contributed by atoms with Crippen molar-refractivity contribution < 1.29 is 9.53 Å². The molecule has 0 saturated carbocycles. The number of halogens is 1. The molecule has 1 atom stereocenters. The zero-order valence-electron chi connectivity index (χ0n) is 9.91. The zero-order chi connectivity index (χ0) is 13.0. The molecule has 0 spiro atoms. The van der Waals surface area contributed by atoms with Gasteiger partial charge in [-0.15, -0.1) is 0 Å². The van der Waals surface area contributed by atoms with Crippen molar-refractivity contribution in [2.45, 2.75) is 6.10 Å². The Balaban J connectivity index is 2.03. The minimum atomic E-state index is -0.437. The van der Waals surface area contributed by atoms with Crippen molar-refractivity contribution in [1.29, 1.82) is 0 Å². The number of ether oxygens (including phenoxy) is 1. The van der Waals surface area contributed by atoms with Gasteiger partial charge < -0.3 is 21.1 Å². The Labute approximate surface area is 114 Å². The third kappa shape index (κ3) is 3.44. The number of amides is 1. The Morgan fingerprint density at radius 3 is 3.11 bits per heavy atom. The first-order valence-corrected chi connectivity index (χ1v) is 6.61. The van der Waals surface area contributed by atoms with Gasteiger partial charge in [0.05, 0.1) is 18.3 Å². The zero-order valence-corrected chi connectivity index (χ0v) is 11.5. The summed E-state index contributed by atoms with van der Waals surface area (Å²) in [5, 5.41) is 6.46. The second-order valence-corrected chi connectivity index (χ2v) is 5.05. The Hall–Kier alpha value is -1.11. The first kappa shape index (κ1) is 13.3. The van der Waals surface area contributed by atoms with Gasteiger partial charge in [-0.25, -0.2) is 0 Å². The van der Waals surface area contributed by atoms with Crippen molar-refractivity contribution in [1.82, 2.24) is 5.32 Å². The molecule has 18 heavy (non-hydrogen) atoms. The van der Waals surface area contributed by atoms with Crippen LogP contribution in [0.1, 0.15) is 10.4 Å². The summed E-state index contributed by atoms with van der Waals surface area (Å²) in [6, 6.07) is 5.34. The minimum absolute atomic E-state index is 0.110. The van der Waals surface area contributed by atoms with E-state index in [-0.39, 0.29) is 6.10 Å². The van der Waals surface area contributed by atoms with Crippen molar-refractivity contribution >= 4 is 27.5 Å². The van der Waals surface area contributed by atoms with Crippen molar-refractivity contribution in [2.75, 3.05) is 31.6 Å². The molecule has 1 fully saturated rings. The van der Waals surface area contributed by atoms with Crippen molar-refractivity contribution in [3.8, 4) is 0 Å². The third-order valence-electron chi connectivity index (χ3n) is 2.77. The highest BCUT2D eigenvalue weighted by Gasteiger charge is 2.14. The highest BCUT2D eigenvalue weighted by atomic mass is 79.9. The molecule has 98 valence electrons. The van der Waals surface area contributed by atoms with Crippen LogP contribution in [0, 0.1) is 0 Å². The highest BCUT2D eigenvalue weighted by molar-refractivity contribution is 9.10. The molecule has 0 aliphatic carbocycles. The number of hydrogen-bond acceptors (Lipinski definition) is 4. The summed E-state index contributed by atoms with van der Waals surface area (Å²) < 4.78 is 6.48. The monoisotopic (exact) mass is 313 g/mol. The van der Waals surface area contributed by atoms with E-state index < -0.39 is 5.91 Å². The lowest BCUT2D eigenvalue weighted by Crippen LogP contribution is -2.42. The van der Waals surface area contributed by atoms with Crippen LogP contribution in [0.25, 0.3) is 0 Å². The number of nitrogens with two attached hydrogens (primary N) is 1. The topological polar surface area (TPSA) is 76.4 Å². The fourth-order valence-corrected chi connectivity index (χ4v) is 2.21. The molecule has 0 bridgehead atoms. The number of rotatable bonds is 4. The van der Waals surface area contributed by atoms with Gasteiger partial charge >= 0.3 is 0 Å². The largest absolute Gasteiger partial charge is 0.382 e. The van der Waals surface area contributed by atoms with E-state index in [2.05, 4.69) is 26.6 Å². The summed E-state index contributed by atoms with van der Waals surface area (Å²) in [5.41, 5.74) is 6.55. The number of hydrogen-bond donors (Lipinski definition) is 3. The van der Waals surface area contributed by atoms with Crippen LogP contribution in [0.3, 0.4) is 0 Å². The summed E-state index contributed by atoms with van der Waals surface area (Å²) in [4.78, 5) is 11.3. The van der Waals surface area contributed by atoms with Crippen molar-refractivity contribution in [3.63, 3.8) is 0 Å². The number of anilines is 1. The molecule has 1 aliphatic heterocycles. The van der Waals surface area contributed by atoms with Gasteiger partial charge in [-0.2, -0.15) is 0 Å². The van der Waals surface area contributed by atoms with E-state index >= 15 is 0 Å². The normalized spacial score (nSPS) is 19.5. The molecule has 1 aromatic carbocycles. The van der Waals surface area contributed by atoms with E-state index in [4.69, 9.17) is 10.5 Å². The van der Waals surface area contributed by atoms with E-state index in [9.17, 15) is 4.79 Å². The van der Waals surface area contributed by atoms with Crippen LogP contribution in [0.4, 0.5) is 5.69 Å². The molecule has 2 rings (SSSR count). The molecule has 5 nitrogen and oxygen atoms in total. The number of benzene rings is 1. The summed E-state index contributed by atoms with van der Waals surface area (Å²) in [6.45, 7) is 3.06. The van der Waals surface area contributed by atoms with Crippen molar-refractivity contribution in [2.24, 2.45) is 5.73 Å². The molecular formula is C12H16BrN3O2. The predicted molar refractivity (Wildman–Crippen MR) is 73.8 cm³/mol. The van der Waals surface area contributed by atoms with Gasteiger partial charge in [0, 0.05) is 29.8 Å². The van der Waals surface area contributed by atoms with Gasteiger partial charge in [0.15, 0.2) is 0 Å². The molecule has 0 radical (unpaired) electrons. The Morgan fingerprint density at radius 2 is 2.44 bits per heavy atom. The fraction of sp³-hybridized carbons (Fsp3) is 0.417. The van der Waals surface area contributed by atoms with Crippen LogP contribution in [-0.2, 0) is 4.74 Å². The quantitative estimate of drug-likeness (QED) is 0.773. The van der Waals surface area contributed by atoms with E-state index in [1.54, 1.807) is 12.1 Å². The van der Waals surface area contributed by atoms with Crippen LogP contribution in [0.15, 0.2) is 22.7 Å². The molecule has 6 heteroatoms. The van der Waals surface area contributed by atoms with Gasteiger partial charge in [-0.3, -0.25) is 4.79 Å². The van der Waals surface area contributed by atoms with Gasteiger partial charge in [-0.05, 0) is 18.2 Å². The summed E-state index contributed by atoms with van der Waals surface area (Å²) in [6.07, 6.45) is 0.110. The maximum Gasteiger partial charge on any atom is 0.250 e. The standard InChI is InChI=1S/C12H16BrN3O2/c13-8-1-2-10(12(14)17)11(5-8)16-7-9-6-15-3-4-18-9/h1-2,5,9,15-16H,3-4,6-7H2,(H2,14,17). The van der Waals surface area contributed by atoms with Crippen LogP contribution < -0.4 is 16.4 Å². The molecule has 0 aromatic heterocycles. The number of morpholine rings is 1. The predicted octanol–water partition coefficient (Wildman–Crippen LogP) is 0.948. The Morgan fingerprint density at radius 1 is 1.61 bits per heavy atom. The maximum atomic E-state index is 11.3. The molecule has 1 amide bonds. The first-order chi connectivity index (χ1) is 8.66. The second-order valence-electron chi connectivity index (χ2n) is 4.13. The lowest BCUT2D eigenvalue weighted by molar-refractivity contribution is 0.0372. The second kappa shape index (κ2) is 6.17. The summed E-state index contributed by atoms with van der Waals surface area (Å²) in [5.74, 6) is -0.437. The first-order valence-electron chi connectivity index (χ1n) is 5.82. The van der Waals surface area contributed by atoms with Crippen LogP contribution >= 0.6 is 15.9 Å². The smallest absolute Gasteiger partial charge is 0.250 e. The summed E-state index contributed by atoms with van der Waals surface area (Å²) in [7, 11) is 0. The minimum Gasteiger partial charge on any atom is -0.382 e. The van der Waals surface area contributed by atoms with Gasteiger partial charge in [0.1, 0.15) is 0 Å². The molecule has 1 saturated heterocycles. The van der Waals surface area contributed by atoms with E-state index in [0.29, 0.717) is 18.7 Å². The van der Waals surface area contributed by atoms with Crippen molar-refractivity contribution in [3.05, 3.63) is 28.2 Å². The van der Waals surface area contributed by atoms with Gasteiger partial charge in [0.25, 0.3) is 5.91 Å². The highest BCUT2D eigenvalue weighted by Crippen LogP contribution is 2.21. The molecule has 1 heterocycles. The van der Waals surface area contributed by atoms with E-state index in [0.717, 1.165) is 23.2 Å². The number of carbonyl (C=O) groups is 1. The fourth-order valence-electron chi connectivity index (χ4n) is 1.85.